The fraction of sp³-hybridized carbons (Fsp3) is 0.250. The van der Waals surface area contributed by atoms with Gasteiger partial charge in [0.15, 0.2) is 0 Å². The van der Waals surface area contributed by atoms with Gasteiger partial charge in [0.25, 0.3) is 0 Å². The minimum atomic E-state index is 0. The van der Waals surface area contributed by atoms with Crippen molar-refractivity contribution in [1.82, 2.24) is 0 Å². The molecule has 1 aromatic rings. The molecule has 0 radical (unpaired) electrons. The van der Waals surface area contributed by atoms with Gasteiger partial charge in [-0.1, -0.05) is 15.9 Å². The van der Waals surface area contributed by atoms with E-state index < -0.39 is 0 Å². The van der Waals surface area contributed by atoms with Gasteiger partial charge in [0, 0.05) is 11.5 Å². The summed E-state index contributed by atoms with van der Waals surface area (Å²) < 4.78 is 12.4. The summed E-state index contributed by atoms with van der Waals surface area (Å²) in [5.74, 6) is 0.761. The highest BCUT2D eigenvalue weighted by Crippen LogP contribution is 2.34. The smallest absolute Gasteiger partial charge is 0.143 e. The van der Waals surface area contributed by atoms with E-state index in [1.165, 1.54) is 0 Å². The summed E-state index contributed by atoms with van der Waals surface area (Å²) in [5, 5.41) is 0. The van der Waals surface area contributed by atoms with Gasteiger partial charge in [0.1, 0.15) is 18.0 Å². The number of halogens is 2. The van der Waals surface area contributed by atoms with Crippen molar-refractivity contribution in [2.24, 2.45) is 0 Å². The number of hydrogen-bond acceptors (Lipinski definition) is 4. The summed E-state index contributed by atoms with van der Waals surface area (Å²) in [6.45, 7) is 0. The molecule has 1 aromatic carbocycles. The van der Waals surface area contributed by atoms with Gasteiger partial charge in [0.05, 0.1) is 24.7 Å². The molecule has 0 aliphatic heterocycles. The average Bonchev–Trinajstić information content (AvgIpc) is 2.18. The van der Waals surface area contributed by atoms with Crippen molar-refractivity contribution < 1.29 is 8.47 Å². The van der Waals surface area contributed by atoms with E-state index in [0.29, 0.717) is 0 Å². The maximum atomic E-state index is 5.19. The standard InChI is InChI=1S/C8H9BrClNO2S.H2S/c1-11(14-13-10)7-5-6(9)3-4-8(7)12-2;/h3-5H,1-2H3;1H2. The first-order chi connectivity index (χ1) is 6.69. The third-order valence-electron chi connectivity index (χ3n) is 1.62. The maximum Gasteiger partial charge on any atom is 0.143 e. The molecule has 3 nitrogen and oxygen atoms in total. The summed E-state index contributed by atoms with van der Waals surface area (Å²) >= 11 is 9.55. The first kappa shape index (κ1) is 15.2. The molecule has 0 fully saturated rings. The van der Waals surface area contributed by atoms with Crippen LogP contribution in [0.4, 0.5) is 5.69 Å². The lowest BCUT2D eigenvalue weighted by molar-refractivity contribution is 0.416. The molecule has 0 bridgehead atoms. The monoisotopic (exact) mass is 331 g/mol. The number of hydrogen-bond donors (Lipinski definition) is 0. The van der Waals surface area contributed by atoms with Gasteiger partial charge in [-0.3, -0.25) is 4.31 Å². The zero-order chi connectivity index (χ0) is 10.6. The summed E-state index contributed by atoms with van der Waals surface area (Å²) in [7, 11) is 3.45. The van der Waals surface area contributed by atoms with Gasteiger partial charge < -0.3 is 4.74 Å². The van der Waals surface area contributed by atoms with Crippen molar-refractivity contribution in [3.8, 4) is 5.75 Å². The van der Waals surface area contributed by atoms with Crippen LogP contribution in [0, 0.1) is 0 Å². The van der Waals surface area contributed by atoms with E-state index in [1.54, 1.807) is 11.4 Å². The number of ether oxygens (including phenoxy) is 1. The third kappa shape index (κ3) is 4.32. The Bertz CT molecular complexity index is 317. The van der Waals surface area contributed by atoms with Crippen molar-refractivity contribution in [3.63, 3.8) is 0 Å². The minimum Gasteiger partial charge on any atom is -0.495 e. The molecule has 0 aliphatic rings. The minimum absolute atomic E-state index is 0. The van der Waals surface area contributed by atoms with Crippen LogP contribution in [0.25, 0.3) is 0 Å². The molecular formula is C8H11BrClNO2S2. The molecule has 0 aliphatic carbocycles. The lowest BCUT2D eigenvalue weighted by atomic mass is 10.3. The Morgan fingerprint density at radius 3 is 2.67 bits per heavy atom. The average molecular weight is 333 g/mol. The second-order valence-corrected chi connectivity index (χ2v) is 4.57. The molecular weight excluding hydrogens is 322 g/mol. The highest BCUT2D eigenvalue weighted by molar-refractivity contribution is 9.10. The van der Waals surface area contributed by atoms with E-state index in [-0.39, 0.29) is 13.5 Å². The molecule has 0 amide bonds. The van der Waals surface area contributed by atoms with E-state index in [2.05, 4.69) is 19.7 Å². The number of methoxy groups -OCH3 is 1. The van der Waals surface area contributed by atoms with Crippen LogP contribution in [-0.2, 0) is 3.74 Å². The number of rotatable bonds is 4. The SMILES string of the molecule is COc1ccc(Br)cc1N(C)SOCl.S. The van der Waals surface area contributed by atoms with Crippen LogP contribution in [0.2, 0.25) is 0 Å². The molecule has 0 aromatic heterocycles. The number of nitrogens with zero attached hydrogens (tertiary/aromatic N) is 1. The zero-order valence-electron chi connectivity index (χ0n) is 8.16. The molecule has 0 spiro atoms. The number of anilines is 1. The van der Waals surface area contributed by atoms with Crippen molar-refractivity contribution >= 4 is 59.2 Å². The summed E-state index contributed by atoms with van der Waals surface area (Å²) in [6.07, 6.45) is 0. The van der Waals surface area contributed by atoms with Gasteiger partial charge in [-0.15, -0.1) is 0 Å². The van der Waals surface area contributed by atoms with Gasteiger partial charge in [-0.25, -0.2) is 0 Å². The Labute approximate surface area is 114 Å². The fourth-order valence-electron chi connectivity index (χ4n) is 0.992. The van der Waals surface area contributed by atoms with Gasteiger partial charge >= 0.3 is 0 Å². The lowest BCUT2D eigenvalue weighted by Crippen LogP contribution is -2.07. The summed E-state index contributed by atoms with van der Waals surface area (Å²) in [6, 6.07) is 5.69. The Morgan fingerprint density at radius 2 is 2.13 bits per heavy atom. The molecule has 1 rings (SSSR count). The van der Waals surface area contributed by atoms with Gasteiger partial charge in [-0.2, -0.15) is 17.2 Å². The summed E-state index contributed by atoms with van der Waals surface area (Å²) in [4.78, 5) is 0. The van der Waals surface area contributed by atoms with Crippen LogP contribution in [0.15, 0.2) is 22.7 Å². The second kappa shape index (κ2) is 7.51. The first-order valence-corrected chi connectivity index (χ1v) is 5.51. The van der Waals surface area contributed by atoms with Crippen molar-refractivity contribution in [3.05, 3.63) is 22.7 Å². The molecule has 0 atom stereocenters. The molecule has 0 unspecified atom stereocenters. The Hall–Kier alpha value is 0.250. The predicted octanol–water partition coefficient (Wildman–Crippen LogP) is 3.74. The van der Waals surface area contributed by atoms with Crippen molar-refractivity contribution in [2.75, 3.05) is 18.5 Å². The van der Waals surface area contributed by atoms with E-state index in [9.17, 15) is 0 Å². The van der Waals surface area contributed by atoms with Crippen LogP contribution in [-0.4, -0.2) is 14.2 Å². The molecule has 0 saturated carbocycles. The van der Waals surface area contributed by atoms with Crippen LogP contribution in [0.1, 0.15) is 0 Å². The summed E-state index contributed by atoms with van der Waals surface area (Å²) in [5.41, 5.74) is 0.882. The normalized spacial score (nSPS) is 9.33. The van der Waals surface area contributed by atoms with Crippen LogP contribution in [0.5, 0.6) is 5.75 Å². The second-order valence-electron chi connectivity index (χ2n) is 2.45. The molecule has 86 valence electrons. The lowest BCUT2D eigenvalue weighted by Gasteiger charge is -2.17. The van der Waals surface area contributed by atoms with Crippen molar-refractivity contribution in [1.29, 1.82) is 0 Å². The van der Waals surface area contributed by atoms with Crippen LogP contribution >= 0.6 is 53.5 Å². The molecule has 0 N–H and O–H groups in total. The largest absolute Gasteiger partial charge is 0.495 e. The number of benzene rings is 1. The fourth-order valence-corrected chi connectivity index (χ4v) is 1.90. The molecule has 0 heterocycles. The highest BCUT2D eigenvalue weighted by Gasteiger charge is 2.09. The topological polar surface area (TPSA) is 21.7 Å². The van der Waals surface area contributed by atoms with E-state index >= 15 is 0 Å². The van der Waals surface area contributed by atoms with E-state index in [0.717, 1.165) is 28.1 Å². The first-order valence-electron chi connectivity index (χ1n) is 3.71. The van der Waals surface area contributed by atoms with E-state index in [4.69, 9.17) is 16.6 Å². The molecule has 15 heavy (non-hydrogen) atoms. The van der Waals surface area contributed by atoms with E-state index in [1.807, 2.05) is 25.2 Å². The molecule has 7 heteroatoms. The quantitative estimate of drug-likeness (QED) is 0.618. The van der Waals surface area contributed by atoms with Crippen molar-refractivity contribution in [2.45, 2.75) is 0 Å². The van der Waals surface area contributed by atoms with Crippen LogP contribution < -0.4 is 9.04 Å². The molecule has 0 saturated heterocycles. The highest BCUT2D eigenvalue weighted by atomic mass is 79.9. The Morgan fingerprint density at radius 1 is 1.47 bits per heavy atom. The van der Waals surface area contributed by atoms with Gasteiger partial charge in [-0.05, 0) is 18.2 Å². The predicted molar refractivity (Wildman–Crippen MR) is 74.0 cm³/mol. The third-order valence-corrected chi connectivity index (χ3v) is 2.76. The maximum absolute atomic E-state index is 5.19. The Balaban J connectivity index is 0.00000196. The van der Waals surface area contributed by atoms with Gasteiger partial charge in [0.2, 0.25) is 0 Å². The van der Waals surface area contributed by atoms with Crippen LogP contribution in [0.3, 0.4) is 0 Å². The Kier molecular flexibility index (Phi) is 7.64. The zero-order valence-corrected chi connectivity index (χ0v) is 12.3.